The molecule has 4 N–H and O–H groups in total. The predicted molar refractivity (Wildman–Crippen MR) is 191 cm³/mol. The van der Waals surface area contributed by atoms with E-state index in [-0.39, 0.29) is 29.2 Å². The van der Waals surface area contributed by atoms with Crippen LogP contribution in [0.15, 0.2) is 65.4 Å². The molecule has 4 aromatic rings. The number of hydrogen-bond donors (Lipinski definition) is 3. The third-order valence-electron chi connectivity index (χ3n) is 10.6. The number of piperidine rings is 1. The average Bonchev–Trinajstić information content (AvgIpc) is 3.77. The third kappa shape index (κ3) is 6.76. The van der Waals surface area contributed by atoms with Gasteiger partial charge in [-0.1, -0.05) is 54.2 Å². The van der Waals surface area contributed by atoms with Gasteiger partial charge in [0.15, 0.2) is 5.76 Å². The first-order valence-electron chi connectivity index (χ1n) is 16.9. The van der Waals surface area contributed by atoms with Gasteiger partial charge < -0.3 is 35.0 Å². The van der Waals surface area contributed by atoms with Crippen molar-refractivity contribution in [2.24, 2.45) is 17.1 Å². The summed E-state index contributed by atoms with van der Waals surface area (Å²) in [6, 6.07) is 15.8. The van der Waals surface area contributed by atoms with Gasteiger partial charge in [-0.3, -0.25) is 9.59 Å². The van der Waals surface area contributed by atoms with E-state index in [1.165, 1.54) is 6.26 Å². The number of carbonyl (C=O) groups excluding carboxylic acids is 2. The highest BCUT2D eigenvalue weighted by molar-refractivity contribution is 7.80. The first-order valence-corrected chi connectivity index (χ1v) is 17.7. The van der Waals surface area contributed by atoms with Crippen LogP contribution in [-0.4, -0.2) is 65.7 Å². The summed E-state index contributed by atoms with van der Waals surface area (Å²) in [5.74, 6) is 0.295. The fraction of sp³-hybridized carbons (Fsp3) is 0.432. The predicted octanol–water partition coefficient (Wildman–Crippen LogP) is 6.08. The lowest BCUT2D eigenvalue weighted by molar-refractivity contribution is -0.135. The number of thiocarbonyl (C=S) groups is 1. The number of likely N-dealkylation sites (tertiary alicyclic amines) is 1. The highest BCUT2D eigenvalue weighted by Crippen LogP contribution is 2.52. The fourth-order valence-electron chi connectivity index (χ4n) is 7.79. The molecular weight excluding hydrogens is 646 g/mol. The maximum Gasteiger partial charge on any atom is 0.287 e. The first kappa shape index (κ1) is 32.8. The van der Waals surface area contributed by atoms with E-state index < -0.39 is 0 Å². The highest BCUT2D eigenvalue weighted by Gasteiger charge is 2.48. The SMILES string of the molecule is NC(=S)c1cccc(-c2cn(C3CCOCC3)c3c(Cl)c(CNC(=O)C4CC5(CCN(CCNC(=O)c6ccco6)CC5)C4)ccc23)c1. The number of nitrogens with zero attached hydrogens (tertiary/aromatic N) is 2. The van der Waals surface area contributed by atoms with E-state index in [0.29, 0.717) is 28.9 Å². The summed E-state index contributed by atoms with van der Waals surface area (Å²) in [6.07, 6.45) is 9.54. The van der Waals surface area contributed by atoms with Crippen LogP contribution in [0.4, 0.5) is 0 Å². The molecule has 0 atom stereocenters. The quantitative estimate of drug-likeness (QED) is 0.173. The summed E-state index contributed by atoms with van der Waals surface area (Å²) in [7, 11) is 0. The largest absolute Gasteiger partial charge is 0.459 e. The zero-order valence-electron chi connectivity index (χ0n) is 27.0. The van der Waals surface area contributed by atoms with Crippen molar-refractivity contribution in [3.8, 4) is 11.1 Å². The van der Waals surface area contributed by atoms with Crippen molar-refractivity contribution >= 4 is 51.5 Å². The second-order valence-electron chi connectivity index (χ2n) is 13.6. The van der Waals surface area contributed by atoms with E-state index in [4.69, 9.17) is 38.7 Å². The van der Waals surface area contributed by atoms with Crippen molar-refractivity contribution in [1.29, 1.82) is 0 Å². The molecule has 3 fully saturated rings. The molecule has 0 radical (unpaired) electrons. The minimum Gasteiger partial charge on any atom is -0.459 e. The Bertz CT molecular complexity index is 1800. The summed E-state index contributed by atoms with van der Waals surface area (Å²) in [5.41, 5.74) is 11.0. The van der Waals surface area contributed by atoms with E-state index in [9.17, 15) is 9.59 Å². The zero-order chi connectivity index (χ0) is 33.3. The Kier molecular flexibility index (Phi) is 9.60. The molecule has 2 saturated heterocycles. The lowest BCUT2D eigenvalue weighted by atomic mass is 9.57. The van der Waals surface area contributed by atoms with Crippen LogP contribution in [0, 0.1) is 11.3 Å². The maximum absolute atomic E-state index is 13.3. The van der Waals surface area contributed by atoms with Crippen LogP contribution in [0.5, 0.6) is 0 Å². The van der Waals surface area contributed by atoms with E-state index in [1.54, 1.807) is 12.1 Å². The third-order valence-corrected chi connectivity index (χ3v) is 11.3. The smallest absolute Gasteiger partial charge is 0.287 e. The summed E-state index contributed by atoms with van der Waals surface area (Å²) in [4.78, 5) is 28.2. The molecule has 0 unspecified atom stereocenters. The van der Waals surface area contributed by atoms with Crippen molar-refractivity contribution < 1.29 is 18.7 Å². The second kappa shape index (κ2) is 14.0. The Balaban J connectivity index is 0.970. The number of hydrogen-bond acceptors (Lipinski definition) is 6. The van der Waals surface area contributed by atoms with Crippen LogP contribution >= 0.6 is 23.8 Å². The fourth-order valence-corrected chi connectivity index (χ4v) is 8.24. The second-order valence-corrected chi connectivity index (χ2v) is 14.4. The van der Waals surface area contributed by atoms with Gasteiger partial charge >= 0.3 is 0 Å². The molecule has 2 amide bonds. The molecule has 3 aliphatic rings. The number of nitrogens with one attached hydrogen (secondary N) is 2. The normalized spacial score (nSPS) is 18.5. The number of ether oxygens (including phenoxy) is 1. The first-order chi connectivity index (χ1) is 23.3. The topological polar surface area (TPSA) is 115 Å². The van der Waals surface area contributed by atoms with Gasteiger partial charge in [0.05, 0.1) is 16.8 Å². The number of benzene rings is 2. The minimum absolute atomic E-state index is 0.0326. The summed E-state index contributed by atoms with van der Waals surface area (Å²) >= 11 is 12.4. The number of aromatic nitrogens is 1. The van der Waals surface area contributed by atoms with Crippen molar-refractivity contribution in [3.63, 3.8) is 0 Å². The number of nitrogens with two attached hydrogens (primary N) is 1. The highest BCUT2D eigenvalue weighted by atomic mass is 35.5. The van der Waals surface area contributed by atoms with E-state index in [0.717, 1.165) is 105 Å². The molecule has 252 valence electrons. The maximum atomic E-state index is 13.3. The standard InChI is InChI=1S/C37H42ClN5O4S/c38-32-26(6-7-29-30(24-3-1-4-25(19-24)34(39)48)23-43(33(29)32)28-8-17-46-18-9-28)22-41-35(44)27-20-37(21-27)10-13-42(14-11-37)15-12-40-36(45)31-5-2-16-47-31/h1-7,16,19,23,27-28H,8-15,17-18,20-22H2,(H2,39,48)(H,40,45)(H,41,44). The van der Waals surface area contributed by atoms with Gasteiger partial charge in [0, 0.05) is 67.5 Å². The lowest BCUT2D eigenvalue weighted by Crippen LogP contribution is -2.51. The molecule has 0 bridgehead atoms. The molecule has 1 spiro atoms. The van der Waals surface area contributed by atoms with E-state index in [2.05, 4.69) is 38.4 Å². The Hall–Kier alpha value is -3.70. The number of amides is 2. The number of halogens is 1. The van der Waals surface area contributed by atoms with Crippen molar-refractivity contribution in [1.82, 2.24) is 20.1 Å². The number of fused-ring (bicyclic) bond motifs is 1. The Morgan fingerprint density at radius 3 is 2.56 bits per heavy atom. The van der Waals surface area contributed by atoms with E-state index in [1.807, 2.05) is 24.3 Å². The van der Waals surface area contributed by atoms with Crippen LogP contribution in [0.25, 0.3) is 22.0 Å². The molecule has 11 heteroatoms. The van der Waals surface area contributed by atoms with Gasteiger partial charge in [-0.25, -0.2) is 0 Å². The minimum atomic E-state index is -0.181. The molecular formula is C37H42ClN5O4S. The average molecular weight is 688 g/mol. The van der Waals surface area contributed by atoms with Crippen LogP contribution in [0.1, 0.15) is 66.2 Å². The van der Waals surface area contributed by atoms with Crippen LogP contribution < -0.4 is 16.4 Å². The summed E-state index contributed by atoms with van der Waals surface area (Å²) in [6.45, 7) is 5.19. The Labute approximate surface area is 291 Å². The van der Waals surface area contributed by atoms with Crippen LogP contribution in [-0.2, 0) is 16.1 Å². The summed E-state index contributed by atoms with van der Waals surface area (Å²) in [5, 5.41) is 7.87. The molecule has 2 aromatic carbocycles. The zero-order valence-corrected chi connectivity index (χ0v) is 28.6. The van der Waals surface area contributed by atoms with Crippen molar-refractivity contribution in [2.75, 3.05) is 39.4 Å². The van der Waals surface area contributed by atoms with Gasteiger partial charge in [0.2, 0.25) is 5.91 Å². The van der Waals surface area contributed by atoms with Crippen molar-refractivity contribution in [3.05, 3.63) is 82.9 Å². The monoisotopic (exact) mass is 687 g/mol. The Morgan fingerprint density at radius 1 is 1.04 bits per heavy atom. The van der Waals surface area contributed by atoms with Crippen LogP contribution in [0.2, 0.25) is 5.02 Å². The van der Waals surface area contributed by atoms with Crippen molar-refractivity contribution in [2.45, 2.75) is 51.1 Å². The summed E-state index contributed by atoms with van der Waals surface area (Å²) < 4.78 is 13.1. The van der Waals surface area contributed by atoms with Gasteiger partial charge in [-0.2, -0.15) is 0 Å². The molecule has 4 heterocycles. The van der Waals surface area contributed by atoms with Gasteiger partial charge in [0.1, 0.15) is 4.99 Å². The molecule has 48 heavy (non-hydrogen) atoms. The molecule has 2 aliphatic heterocycles. The molecule has 2 aromatic heterocycles. The lowest BCUT2D eigenvalue weighted by Gasteiger charge is -2.51. The number of carbonyl (C=O) groups is 2. The van der Waals surface area contributed by atoms with E-state index >= 15 is 0 Å². The Morgan fingerprint density at radius 2 is 1.83 bits per heavy atom. The van der Waals surface area contributed by atoms with Gasteiger partial charge in [0.25, 0.3) is 5.91 Å². The van der Waals surface area contributed by atoms with Crippen LogP contribution in [0.3, 0.4) is 0 Å². The molecule has 1 aliphatic carbocycles. The van der Waals surface area contributed by atoms with Gasteiger partial charge in [-0.15, -0.1) is 0 Å². The molecule has 1 saturated carbocycles. The van der Waals surface area contributed by atoms with Gasteiger partial charge in [-0.05, 0) is 86.4 Å². The molecule has 7 rings (SSSR count). The number of furan rings is 1. The molecule has 9 nitrogen and oxygen atoms in total. The number of rotatable bonds is 10.